The highest BCUT2D eigenvalue weighted by molar-refractivity contribution is 8.00. The number of amides is 2. The van der Waals surface area contributed by atoms with Gasteiger partial charge in [-0.1, -0.05) is 5.16 Å². The monoisotopic (exact) mass is 569 g/mol. The Balaban J connectivity index is 1.63. The Morgan fingerprint density at radius 2 is 1.84 bits per heavy atom. The van der Waals surface area contributed by atoms with Crippen molar-refractivity contribution in [2.45, 2.75) is 70.3 Å². The van der Waals surface area contributed by atoms with Crippen molar-refractivity contribution in [1.82, 2.24) is 15.2 Å². The summed E-state index contributed by atoms with van der Waals surface area (Å²) in [4.78, 5) is 48.8. The van der Waals surface area contributed by atoms with E-state index in [4.69, 9.17) is 24.8 Å². The minimum atomic E-state index is -0.799. The molecule has 12 nitrogen and oxygen atoms in total. The highest BCUT2D eigenvalue weighted by atomic mass is 32.2. The Labute approximate surface area is 230 Å². The van der Waals surface area contributed by atoms with Crippen LogP contribution >= 0.6 is 23.1 Å². The van der Waals surface area contributed by atoms with Gasteiger partial charge in [-0.2, -0.15) is 0 Å². The molecule has 1 aromatic rings. The molecule has 0 radical (unpaired) electrons. The molecular formula is C24H35N5O7S2. The van der Waals surface area contributed by atoms with E-state index in [1.54, 1.807) is 5.38 Å². The van der Waals surface area contributed by atoms with Gasteiger partial charge in [0.1, 0.15) is 30.3 Å². The van der Waals surface area contributed by atoms with Crippen molar-refractivity contribution in [3.8, 4) is 0 Å². The number of nitrogens with one attached hydrogen (secondary N) is 1. The van der Waals surface area contributed by atoms with Crippen LogP contribution in [0.5, 0.6) is 0 Å². The maximum Gasteiger partial charge on any atom is 0.336 e. The van der Waals surface area contributed by atoms with Crippen LogP contribution in [-0.2, 0) is 33.4 Å². The molecule has 1 unspecified atom stereocenters. The minimum absolute atomic E-state index is 0.0895. The van der Waals surface area contributed by atoms with Gasteiger partial charge in [0.2, 0.25) is 0 Å². The van der Waals surface area contributed by atoms with Crippen molar-refractivity contribution in [1.29, 1.82) is 0 Å². The molecule has 2 atom stereocenters. The zero-order valence-corrected chi connectivity index (χ0v) is 24.2. The van der Waals surface area contributed by atoms with Crippen molar-refractivity contribution in [3.63, 3.8) is 0 Å². The Bertz CT molecular complexity index is 1090. The highest BCUT2D eigenvalue weighted by Crippen LogP contribution is 2.36. The van der Waals surface area contributed by atoms with Gasteiger partial charge in [-0.3, -0.25) is 9.59 Å². The molecule has 2 amide bonds. The van der Waals surface area contributed by atoms with Gasteiger partial charge in [-0.15, -0.1) is 23.1 Å². The van der Waals surface area contributed by atoms with Gasteiger partial charge in [-0.25, -0.2) is 9.78 Å². The van der Waals surface area contributed by atoms with Crippen LogP contribution in [0.1, 0.15) is 47.2 Å². The number of nitrogens with two attached hydrogens (primary N) is 1. The summed E-state index contributed by atoms with van der Waals surface area (Å²) in [6.45, 7) is 11.8. The van der Waals surface area contributed by atoms with Crippen molar-refractivity contribution in [2.75, 3.05) is 31.8 Å². The topological polar surface area (TPSA) is 155 Å². The number of nitrogens with zero attached hydrogens (tertiary/aromatic N) is 3. The summed E-state index contributed by atoms with van der Waals surface area (Å²) in [6, 6.07) is -0.799. The van der Waals surface area contributed by atoms with Crippen LogP contribution in [0.4, 0.5) is 5.13 Å². The first kappa shape index (κ1) is 29.9. The largest absolute Gasteiger partial charge is 0.454 e. The molecule has 0 saturated carbocycles. The Hall–Kier alpha value is -2.68. The average molecular weight is 570 g/mol. The summed E-state index contributed by atoms with van der Waals surface area (Å²) in [5.41, 5.74) is 5.32. The molecule has 3 N–H and O–H groups in total. The molecule has 0 spiro atoms. The van der Waals surface area contributed by atoms with E-state index in [1.807, 2.05) is 41.5 Å². The fraction of sp³-hybridized carbons (Fsp3) is 0.625. The molecule has 3 rings (SSSR count). The second-order valence-electron chi connectivity index (χ2n) is 10.6. The first-order valence-corrected chi connectivity index (χ1v) is 13.9. The van der Waals surface area contributed by atoms with Crippen LogP contribution < -0.4 is 11.1 Å². The average Bonchev–Trinajstić information content (AvgIpc) is 3.26. The fourth-order valence-electron chi connectivity index (χ4n) is 3.36. The number of nitrogen functional groups attached to an aromatic ring is 1. The number of β-lactam (4-membered cyclic amide) rings is 1. The van der Waals surface area contributed by atoms with Crippen molar-refractivity contribution in [3.05, 3.63) is 22.8 Å². The zero-order chi connectivity index (χ0) is 28.3. The lowest BCUT2D eigenvalue weighted by Gasteiger charge is -2.47. The van der Waals surface area contributed by atoms with Gasteiger partial charge >= 0.3 is 5.97 Å². The Morgan fingerprint density at radius 1 is 1.21 bits per heavy atom. The Morgan fingerprint density at radius 3 is 2.37 bits per heavy atom. The summed E-state index contributed by atoms with van der Waals surface area (Å²) in [5, 5.41) is 7.88. The number of rotatable bonds is 10. The molecule has 0 aliphatic carbocycles. The maximum atomic E-state index is 13.0. The first-order chi connectivity index (χ1) is 17.7. The number of anilines is 1. The van der Waals surface area contributed by atoms with Crippen LogP contribution in [0.3, 0.4) is 0 Å². The van der Waals surface area contributed by atoms with Crippen LogP contribution in [-0.4, -0.2) is 88.2 Å². The molecule has 0 aromatic carbocycles. The first-order valence-electron chi connectivity index (χ1n) is 12.0. The van der Waals surface area contributed by atoms with Gasteiger partial charge in [0, 0.05) is 17.3 Å². The zero-order valence-electron chi connectivity index (χ0n) is 22.6. The lowest BCUT2D eigenvalue weighted by Crippen LogP contribution is -2.69. The molecular weight excluding hydrogens is 534 g/mol. The second-order valence-corrected chi connectivity index (χ2v) is 12.6. The number of thiazole rings is 1. The number of fused-ring (bicyclic) bond motifs is 1. The molecule has 3 heterocycles. The van der Waals surface area contributed by atoms with Gasteiger partial charge in [0.25, 0.3) is 11.8 Å². The number of aromatic nitrogens is 1. The quantitative estimate of drug-likeness (QED) is 0.185. The smallest absolute Gasteiger partial charge is 0.336 e. The molecule has 14 heteroatoms. The summed E-state index contributed by atoms with van der Waals surface area (Å²) in [7, 11) is 1.30. The van der Waals surface area contributed by atoms with E-state index in [-0.39, 0.29) is 41.0 Å². The lowest BCUT2D eigenvalue weighted by atomic mass is 10.1. The summed E-state index contributed by atoms with van der Waals surface area (Å²) in [5.74, 6) is -1.23. The van der Waals surface area contributed by atoms with E-state index in [0.717, 1.165) is 11.3 Å². The number of thioether (sulfide) groups is 1. The van der Waals surface area contributed by atoms with E-state index >= 15 is 0 Å². The maximum absolute atomic E-state index is 13.0. The number of esters is 1. The van der Waals surface area contributed by atoms with E-state index in [0.29, 0.717) is 11.3 Å². The number of hydrogen-bond donors (Lipinski definition) is 2. The molecule has 1 saturated heterocycles. The van der Waals surface area contributed by atoms with E-state index in [1.165, 1.54) is 30.0 Å². The fourth-order valence-corrected chi connectivity index (χ4v) is 5.15. The van der Waals surface area contributed by atoms with Crippen molar-refractivity contribution in [2.24, 2.45) is 5.16 Å². The van der Waals surface area contributed by atoms with E-state index in [2.05, 4.69) is 15.5 Å². The lowest BCUT2D eigenvalue weighted by molar-refractivity contribution is -0.160. The van der Waals surface area contributed by atoms with Gasteiger partial charge in [0.05, 0.1) is 30.0 Å². The van der Waals surface area contributed by atoms with Crippen molar-refractivity contribution < 1.29 is 33.4 Å². The summed E-state index contributed by atoms with van der Waals surface area (Å²) >= 11 is 2.50. The molecule has 210 valence electrons. The third kappa shape index (κ3) is 7.91. The van der Waals surface area contributed by atoms with Gasteiger partial charge < -0.3 is 35.0 Å². The molecule has 1 aromatic heterocycles. The van der Waals surface area contributed by atoms with Crippen LogP contribution in [0.15, 0.2) is 22.3 Å². The van der Waals surface area contributed by atoms with Crippen LogP contribution in [0.2, 0.25) is 0 Å². The predicted molar refractivity (Wildman–Crippen MR) is 144 cm³/mol. The molecule has 2 aliphatic rings. The van der Waals surface area contributed by atoms with E-state index < -0.39 is 35.2 Å². The molecule has 2 aliphatic heterocycles. The van der Waals surface area contributed by atoms with Crippen LogP contribution in [0, 0.1) is 0 Å². The molecule has 1 fully saturated rings. The number of hydrogen-bond acceptors (Lipinski definition) is 12. The van der Waals surface area contributed by atoms with Gasteiger partial charge in [-0.05, 0) is 41.5 Å². The number of ether oxygens (including phenoxy) is 3. The minimum Gasteiger partial charge on any atom is -0.454 e. The highest BCUT2D eigenvalue weighted by Gasteiger charge is 2.50. The number of carbonyl (C=O) groups is 3. The second kappa shape index (κ2) is 12.0. The number of oxime groups is 1. The summed E-state index contributed by atoms with van der Waals surface area (Å²) < 4.78 is 17.3. The van der Waals surface area contributed by atoms with Gasteiger partial charge in [0.15, 0.2) is 10.8 Å². The van der Waals surface area contributed by atoms with E-state index in [9.17, 15) is 14.4 Å². The molecule has 0 bridgehead atoms. The normalized spacial score (nSPS) is 20.0. The van der Waals surface area contributed by atoms with Crippen molar-refractivity contribution >= 4 is 51.7 Å². The Kier molecular flexibility index (Phi) is 9.44. The summed E-state index contributed by atoms with van der Waals surface area (Å²) in [6.07, 6.45) is 0.855. The standard InChI is InChI=1S/C24H35N5O7S2/c1-23(2,3)34-9-14(10-35-24(4,5)6)36-21(32)13-8-29-19(31)17(20(29)37-11-13)27-18(30)16(28-33-7)15-12-38-22(25)26-15/h8,12,14,17,20H,9-11H2,1-7H3,(H2,25,26)(H,27,30)/t17?,20-/m1/s1. The third-order valence-electron chi connectivity index (χ3n) is 5.17. The SMILES string of the molecule is CON=C(C(=O)NC1C(=O)N2C=C(C(=O)OC(COC(C)(C)C)COC(C)(C)C)CS[C@H]12)c1csc(N)n1. The van der Waals surface area contributed by atoms with Crippen LogP contribution in [0.25, 0.3) is 0 Å². The third-order valence-corrected chi connectivity index (χ3v) is 7.17. The predicted octanol–water partition coefficient (Wildman–Crippen LogP) is 1.90. The number of carbonyl (C=O) groups excluding carboxylic acids is 3. The molecule has 38 heavy (non-hydrogen) atoms.